The number of nitrogens with one attached hydrogen (secondary N) is 1. The van der Waals surface area contributed by atoms with Crippen LogP contribution < -0.4 is 5.32 Å². The molecule has 0 aliphatic heterocycles. The van der Waals surface area contributed by atoms with Gasteiger partial charge in [-0.2, -0.15) is 10.2 Å². The number of rotatable bonds is 6. The third kappa shape index (κ3) is 4.10. The third-order valence-corrected chi connectivity index (χ3v) is 5.06. The zero-order chi connectivity index (χ0) is 21.3. The lowest BCUT2D eigenvalue weighted by molar-refractivity contribution is 0.0950. The first kappa shape index (κ1) is 19.8. The van der Waals surface area contributed by atoms with Crippen molar-refractivity contribution in [2.75, 3.05) is 0 Å². The quantitative estimate of drug-likeness (QED) is 0.532. The predicted molar refractivity (Wildman–Crippen MR) is 116 cm³/mol. The maximum absolute atomic E-state index is 12.6. The molecule has 0 aliphatic carbocycles. The van der Waals surface area contributed by atoms with E-state index in [1.807, 2.05) is 34.5 Å². The molecule has 3 aromatic heterocycles. The molecule has 1 amide bonds. The number of pyridine rings is 1. The van der Waals surface area contributed by atoms with E-state index in [1.54, 1.807) is 12.4 Å². The summed E-state index contributed by atoms with van der Waals surface area (Å²) in [4.78, 5) is 17.1. The van der Waals surface area contributed by atoms with E-state index in [0.29, 0.717) is 18.7 Å². The van der Waals surface area contributed by atoms with Gasteiger partial charge in [-0.05, 0) is 51.0 Å². The Morgan fingerprint density at radius 3 is 2.63 bits per heavy atom. The summed E-state index contributed by atoms with van der Waals surface area (Å²) in [6.07, 6.45) is 3.36. The normalized spacial score (nSPS) is 11.4. The van der Waals surface area contributed by atoms with Gasteiger partial charge in [-0.15, -0.1) is 0 Å². The molecule has 4 rings (SSSR count). The first-order valence-electron chi connectivity index (χ1n) is 10.1. The lowest BCUT2D eigenvalue weighted by atomic mass is 10.1. The molecule has 7 nitrogen and oxygen atoms in total. The number of carbonyl (C=O) groups excluding carboxylic acids is 1. The molecule has 0 bridgehead atoms. The molecule has 0 saturated carbocycles. The molecule has 154 valence electrons. The predicted octanol–water partition coefficient (Wildman–Crippen LogP) is 3.80. The summed E-state index contributed by atoms with van der Waals surface area (Å²) in [5.74, 6) is -0.148. The van der Waals surface area contributed by atoms with Gasteiger partial charge in [0, 0.05) is 29.9 Å². The summed E-state index contributed by atoms with van der Waals surface area (Å²) in [7, 11) is 0. The number of nitrogens with zero attached hydrogens (tertiary/aromatic N) is 5. The summed E-state index contributed by atoms with van der Waals surface area (Å²) < 4.78 is 3.84. The van der Waals surface area contributed by atoms with Gasteiger partial charge in [0.25, 0.3) is 5.91 Å². The average Bonchev–Trinajstić information content (AvgIpc) is 3.28. The lowest BCUT2D eigenvalue weighted by Gasteiger charge is -2.09. The second kappa shape index (κ2) is 8.10. The van der Waals surface area contributed by atoms with Crippen LogP contribution in [0.1, 0.15) is 52.8 Å². The first-order valence-corrected chi connectivity index (χ1v) is 10.1. The van der Waals surface area contributed by atoms with Gasteiger partial charge in [0.05, 0.1) is 24.0 Å². The van der Waals surface area contributed by atoms with Crippen molar-refractivity contribution in [2.24, 2.45) is 0 Å². The highest BCUT2D eigenvalue weighted by Gasteiger charge is 2.12. The monoisotopic (exact) mass is 402 g/mol. The molecule has 0 fully saturated rings. The average molecular weight is 403 g/mol. The Hall–Kier alpha value is -3.48. The fourth-order valence-electron chi connectivity index (χ4n) is 3.57. The summed E-state index contributed by atoms with van der Waals surface area (Å²) in [5.41, 5.74) is 5.67. The van der Waals surface area contributed by atoms with Gasteiger partial charge in [-0.1, -0.05) is 24.3 Å². The smallest absolute Gasteiger partial charge is 0.253 e. The zero-order valence-corrected chi connectivity index (χ0v) is 17.8. The molecule has 4 aromatic rings. The maximum Gasteiger partial charge on any atom is 0.253 e. The fraction of sp³-hybridized carbons (Fsp3) is 0.304. The van der Waals surface area contributed by atoms with Gasteiger partial charge in [0.2, 0.25) is 0 Å². The molecule has 30 heavy (non-hydrogen) atoms. The Labute approximate surface area is 175 Å². The van der Waals surface area contributed by atoms with E-state index in [2.05, 4.69) is 59.5 Å². The number of fused-ring (bicyclic) bond motifs is 1. The van der Waals surface area contributed by atoms with Crippen molar-refractivity contribution >= 4 is 16.9 Å². The third-order valence-electron chi connectivity index (χ3n) is 5.06. The van der Waals surface area contributed by atoms with Crippen LogP contribution in [0.5, 0.6) is 0 Å². The van der Waals surface area contributed by atoms with E-state index in [9.17, 15) is 4.79 Å². The molecule has 1 N–H and O–H groups in total. The molecule has 0 atom stereocenters. The molecule has 0 spiro atoms. The summed E-state index contributed by atoms with van der Waals surface area (Å²) in [6.45, 7) is 9.32. The maximum atomic E-state index is 12.6. The van der Waals surface area contributed by atoms with E-state index in [-0.39, 0.29) is 11.9 Å². The first-order chi connectivity index (χ1) is 14.4. The number of carbonyl (C=O) groups is 1. The number of hydrogen-bond donors (Lipinski definition) is 1. The SMILES string of the molecule is Cc1cc(C)n(Cc2cccc(CNC(=O)c3cnc4c(cnn4C(C)C)c3)c2)n1. The van der Waals surface area contributed by atoms with Crippen LogP contribution in [-0.4, -0.2) is 30.5 Å². The van der Waals surface area contributed by atoms with E-state index >= 15 is 0 Å². The number of aryl methyl sites for hydroxylation is 2. The standard InChI is InChI=1S/C23H26N6O/c1-15(2)29-22-20(13-26-29)10-21(12-24-22)23(30)25-11-18-6-5-7-19(9-18)14-28-17(4)8-16(3)27-28/h5-10,12-13,15H,11,14H2,1-4H3,(H,25,30). The summed E-state index contributed by atoms with van der Waals surface area (Å²) in [6, 6.07) is 12.3. The number of amides is 1. The van der Waals surface area contributed by atoms with Crippen molar-refractivity contribution in [3.63, 3.8) is 0 Å². The zero-order valence-electron chi connectivity index (χ0n) is 17.8. The van der Waals surface area contributed by atoms with Crippen LogP contribution >= 0.6 is 0 Å². The van der Waals surface area contributed by atoms with E-state index in [4.69, 9.17) is 0 Å². The molecule has 3 heterocycles. The highest BCUT2D eigenvalue weighted by atomic mass is 16.1. The second-order valence-corrected chi connectivity index (χ2v) is 7.91. The summed E-state index contributed by atoms with van der Waals surface area (Å²) in [5, 5.41) is 12.7. The summed E-state index contributed by atoms with van der Waals surface area (Å²) >= 11 is 0. The molecular weight excluding hydrogens is 376 g/mol. The Morgan fingerprint density at radius 2 is 1.90 bits per heavy atom. The lowest BCUT2D eigenvalue weighted by Crippen LogP contribution is -2.23. The molecular formula is C23H26N6O. The highest BCUT2D eigenvalue weighted by molar-refractivity contribution is 5.96. The van der Waals surface area contributed by atoms with Crippen molar-refractivity contribution in [1.29, 1.82) is 0 Å². The Morgan fingerprint density at radius 1 is 1.10 bits per heavy atom. The van der Waals surface area contributed by atoms with Crippen molar-refractivity contribution in [3.8, 4) is 0 Å². The van der Waals surface area contributed by atoms with Crippen LogP contribution in [0.4, 0.5) is 0 Å². The van der Waals surface area contributed by atoms with Crippen molar-refractivity contribution in [1.82, 2.24) is 29.9 Å². The van der Waals surface area contributed by atoms with E-state index < -0.39 is 0 Å². The fourth-order valence-corrected chi connectivity index (χ4v) is 3.57. The Balaban J connectivity index is 1.43. The van der Waals surface area contributed by atoms with Gasteiger partial charge in [0.1, 0.15) is 0 Å². The molecule has 0 unspecified atom stereocenters. The van der Waals surface area contributed by atoms with Crippen LogP contribution in [0.25, 0.3) is 11.0 Å². The van der Waals surface area contributed by atoms with Crippen LogP contribution in [0, 0.1) is 13.8 Å². The van der Waals surface area contributed by atoms with Crippen LogP contribution in [-0.2, 0) is 13.1 Å². The van der Waals surface area contributed by atoms with Gasteiger partial charge in [-0.25, -0.2) is 9.67 Å². The highest BCUT2D eigenvalue weighted by Crippen LogP contribution is 2.17. The van der Waals surface area contributed by atoms with Crippen molar-refractivity contribution in [3.05, 3.63) is 76.9 Å². The molecule has 0 aliphatic rings. The molecule has 0 radical (unpaired) electrons. The minimum atomic E-state index is -0.148. The second-order valence-electron chi connectivity index (χ2n) is 7.91. The van der Waals surface area contributed by atoms with E-state index in [0.717, 1.165) is 33.5 Å². The van der Waals surface area contributed by atoms with Crippen molar-refractivity contribution in [2.45, 2.75) is 46.8 Å². The van der Waals surface area contributed by atoms with Crippen molar-refractivity contribution < 1.29 is 4.79 Å². The van der Waals surface area contributed by atoms with Crippen LogP contribution in [0.2, 0.25) is 0 Å². The van der Waals surface area contributed by atoms with Gasteiger partial charge >= 0.3 is 0 Å². The number of hydrogen-bond acceptors (Lipinski definition) is 4. The molecule has 7 heteroatoms. The topological polar surface area (TPSA) is 77.6 Å². The van der Waals surface area contributed by atoms with Gasteiger partial charge in [-0.3, -0.25) is 9.48 Å². The Bertz CT molecular complexity index is 1200. The minimum absolute atomic E-state index is 0.148. The van der Waals surface area contributed by atoms with Gasteiger partial charge in [0.15, 0.2) is 5.65 Å². The van der Waals surface area contributed by atoms with E-state index in [1.165, 1.54) is 0 Å². The molecule has 1 aromatic carbocycles. The van der Waals surface area contributed by atoms with Crippen LogP contribution in [0.3, 0.4) is 0 Å². The Kier molecular flexibility index (Phi) is 5.35. The minimum Gasteiger partial charge on any atom is -0.348 e. The van der Waals surface area contributed by atoms with Crippen LogP contribution in [0.15, 0.2) is 48.8 Å². The molecule has 0 saturated heterocycles. The number of benzene rings is 1. The van der Waals surface area contributed by atoms with Gasteiger partial charge < -0.3 is 5.32 Å². The number of aromatic nitrogens is 5. The largest absolute Gasteiger partial charge is 0.348 e.